The van der Waals surface area contributed by atoms with E-state index < -0.39 is 36.1 Å². The van der Waals surface area contributed by atoms with E-state index >= 15 is 0 Å². The van der Waals surface area contributed by atoms with E-state index in [0.717, 1.165) is 0 Å². The zero-order valence-corrected chi connectivity index (χ0v) is 15.4. The molecule has 0 aliphatic rings. The van der Waals surface area contributed by atoms with E-state index in [0.29, 0.717) is 12.2 Å². The van der Waals surface area contributed by atoms with Crippen molar-refractivity contribution in [1.82, 2.24) is 5.32 Å². The third-order valence-electron chi connectivity index (χ3n) is 2.86. The van der Waals surface area contributed by atoms with Gasteiger partial charge in [0.05, 0.1) is 6.04 Å². The van der Waals surface area contributed by atoms with Crippen LogP contribution in [0.1, 0.15) is 46.2 Å². The molecule has 0 radical (unpaired) electrons. The number of amides is 1. The van der Waals surface area contributed by atoms with E-state index in [1.807, 2.05) is 0 Å². The molecule has 1 aromatic rings. The molecule has 7 nitrogen and oxygen atoms in total. The third-order valence-corrected chi connectivity index (χ3v) is 3.56. The summed E-state index contributed by atoms with van der Waals surface area (Å²) in [5.74, 6) is -1.20. The van der Waals surface area contributed by atoms with Crippen molar-refractivity contribution in [1.29, 1.82) is 0 Å². The van der Waals surface area contributed by atoms with Crippen LogP contribution in [-0.2, 0) is 19.0 Å². The second-order valence-corrected chi connectivity index (χ2v) is 6.88. The Kier molecular flexibility index (Phi) is 7.65. The Hall–Kier alpha value is -1.64. The maximum absolute atomic E-state index is 12.1. The first-order valence-corrected chi connectivity index (χ1v) is 8.59. The summed E-state index contributed by atoms with van der Waals surface area (Å²) < 4.78 is 16.0. The molecule has 3 atom stereocenters. The Labute approximate surface area is 145 Å². The number of carbonyl (C=O) groups is 2. The van der Waals surface area contributed by atoms with Crippen molar-refractivity contribution in [3.05, 3.63) is 22.4 Å². The predicted octanol–water partition coefficient (Wildman–Crippen LogP) is 3.17. The van der Waals surface area contributed by atoms with Crippen molar-refractivity contribution in [3.8, 4) is 0 Å². The van der Waals surface area contributed by atoms with Gasteiger partial charge >= 0.3 is 12.1 Å². The minimum atomic E-state index is -1.31. The van der Waals surface area contributed by atoms with Crippen LogP contribution in [0.4, 0.5) is 4.79 Å². The first kappa shape index (κ1) is 20.4. The normalized spacial score (nSPS) is 15.4. The van der Waals surface area contributed by atoms with E-state index in [4.69, 9.17) is 14.2 Å². The second-order valence-electron chi connectivity index (χ2n) is 6.10. The zero-order valence-electron chi connectivity index (χ0n) is 14.6. The maximum Gasteiger partial charge on any atom is 0.408 e. The number of carboxylic acid groups (broad SMARTS) is 1. The van der Waals surface area contributed by atoms with Crippen LogP contribution in [0.2, 0.25) is 0 Å². The molecule has 0 saturated carbocycles. The Bertz CT molecular complexity index is 525. The summed E-state index contributed by atoms with van der Waals surface area (Å²) in [5, 5.41) is 15.7. The summed E-state index contributed by atoms with van der Waals surface area (Å²) >= 11 is 1.39. The number of hydrogen-bond acceptors (Lipinski definition) is 6. The van der Waals surface area contributed by atoms with Crippen LogP contribution < -0.4 is 5.32 Å². The van der Waals surface area contributed by atoms with Crippen LogP contribution >= 0.6 is 11.3 Å². The van der Waals surface area contributed by atoms with Gasteiger partial charge in [-0.3, -0.25) is 0 Å². The first-order valence-electron chi connectivity index (χ1n) is 7.65. The summed E-state index contributed by atoms with van der Waals surface area (Å²) in [5.41, 5.74) is -0.0662. The molecule has 136 valence electrons. The number of carbonyl (C=O) groups excluding carboxylic acids is 1. The number of aliphatic carboxylic acids is 1. The van der Waals surface area contributed by atoms with Gasteiger partial charge in [0.1, 0.15) is 5.60 Å². The van der Waals surface area contributed by atoms with Gasteiger partial charge in [-0.1, -0.05) is 0 Å². The van der Waals surface area contributed by atoms with Crippen molar-refractivity contribution >= 4 is 23.4 Å². The smallest absolute Gasteiger partial charge is 0.408 e. The largest absolute Gasteiger partial charge is 0.479 e. The Morgan fingerprint density at radius 3 is 2.50 bits per heavy atom. The van der Waals surface area contributed by atoms with Crippen LogP contribution in [0.15, 0.2) is 16.8 Å². The van der Waals surface area contributed by atoms with Gasteiger partial charge in [-0.25, -0.2) is 9.59 Å². The van der Waals surface area contributed by atoms with Crippen molar-refractivity contribution in [2.75, 3.05) is 6.61 Å². The van der Waals surface area contributed by atoms with Gasteiger partial charge in [0.25, 0.3) is 0 Å². The van der Waals surface area contributed by atoms with Gasteiger partial charge in [0, 0.05) is 6.61 Å². The fourth-order valence-corrected chi connectivity index (χ4v) is 2.68. The topological polar surface area (TPSA) is 94.1 Å². The molecular weight excluding hydrogens is 334 g/mol. The molecule has 0 aliphatic carbocycles. The van der Waals surface area contributed by atoms with Gasteiger partial charge in [-0.05, 0) is 57.0 Å². The number of nitrogens with one attached hydrogen (secondary N) is 1. The monoisotopic (exact) mass is 359 g/mol. The van der Waals surface area contributed by atoms with Crippen molar-refractivity contribution < 1.29 is 28.9 Å². The molecule has 1 heterocycles. The van der Waals surface area contributed by atoms with Gasteiger partial charge < -0.3 is 24.6 Å². The molecular formula is C16H25NO6S. The number of alkyl carbamates (subject to hydrolysis) is 1. The molecule has 0 bridgehead atoms. The SMILES string of the molecule is CCOC(C)O[C@@H](C(=O)O)[C@@H](NC(=O)OC(C)(C)C)c1ccsc1. The van der Waals surface area contributed by atoms with Crippen LogP contribution in [-0.4, -0.2) is 41.8 Å². The predicted molar refractivity (Wildman–Crippen MR) is 90.0 cm³/mol. The molecule has 2 N–H and O–H groups in total. The first-order chi connectivity index (χ1) is 11.1. The number of hydrogen-bond donors (Lipinski definition) is 2. The molecule has 1 aromatic heterocycles. The maximum atomic E-state index is 12.1. The standard InChI is InChI=1S/C16H25NO6S/c1-6-21-10(2)22-13(14(18)19)12(11-7-8-24-9-11)17-15(20)23-16(3,4)5/h7-10,12-13H,6H2,1-5H3,(H,17,20)(H,18,19)/t10?,12-,13+/m0/s1. The number of rotatable bonds is 8. The molecule has 24 heavy (non-hydrogen) atoms. The van der Waals surface area contributed by atoms with E-state index in [2.05, 4.69) is 5.32 Å². The Balaban J connectivity index is 2.98. The fraction of sp³-hybridized carbons (Fsp3) is 0.625. The zero-order chi connectivity index (χ0) is 18.3. The lowest BCUT2D eigenvalue weighted by atomic mass is 10.0. The molecule has 8 heteroatoms. The highest BCUT2D eigenvalue weighted by Gasteiger charge is 2.34. The summed E-state index contributed by atoms with van der Waals surface area (Å²) in [6.07, 6.45) is -2.75. The van der Waals surface area contributed by atoms with Crippen LogP contribution in [0.25, 0.3) is 0 Å². The average molecular weight is 359 g/mol. The Morgan fingerprint density at radius 2 is 2.04 bits per heavy atom. The molecule has 0 spiro atoms. The number of thiophene rings is 1. The fourth-order valence-electron chi connectivity index (χ4n) is 1.98. The summed E-state index contributed by atoms with van der Waals surface area (Å²) in [7, 11) is 0. The molecule has 0 aromatic carbocycles. The summed E-state index contributed by atoms with van der Waals surface area (Å²) in [6, 6.07) is 0.837. The van der Waals surface area contributed by atoms with E-state index in [-0.39, 0.29) is 0 Å². The van der Waals surface area contributed by atoms with E-state index in [1.165, 1.54) is 11.3 Å². The second kappa shape index (κ2) is 9.00. The van der Waals surface area contributed by atoms with Crippen molar-refractivity contribution in [2.45, 2.75) is 58.7 Å². The Morgan fingerprint density at radius 1 is 1.38 bits per heavy atom. The molecule has 0 saturated heterocycles. The molecule has 1 amide bonds. The number of carboxylic acids is 1. The molecule has 1 unspecified atom stereocenters. The van der Waals surface area contributed by atoms with Gasteiger partial charge in [-0.15, -0.1) is 0 Å². The van der Waals surface area contributed by atoms with Gasteiger partial charge in [-0.2, -0.15) is 11.3 Å². The summed E-state index contributed by atoms with van der Waals surface area (Å²) in [6.45, 7) is 8.97. The van der Waals surface area contributed by atoms with Crippen LogP contribution in [0.5, 0.6) is 0 Å². The van der Waals surface area contributed by atoms with Gasteiger partial charge in [0.15, 0.2) is 12.4 Å². The minimum absolute atomic E-state index is 0.385. The summed E-state index contributed by atoms with van der Waals surface area (Å²) in [4.78, 5) is 23.8. The quantitative estimate of drug-likeness (QED) is 0.693. The lowest BCUT2D eigenvalue weighted by Crippen LogP contribution is -2.45. The lowest BCUT2D eigenvalue weighted by molar-refractivity contribution is -0.187. The van der Waals surface area contributed by atoms with E-state index in [1.54, 1.807) is 51.4 Å². The third kappa shape index (κ3) is 6.86. The van der Waals surface area contributed by atoms with Crippen molar-refractivity contribution in [3.63, 3.8) is 0 Å². The van der Waals surface area contributed by atoms with Gasteiger partial charge in [0.2, 0.25) is 0 Å². The van der Waals surface area contributed by atoms with Crippen LogP contribution in [0.3, 0.4) is 0 Å². The van der Waals surface area contributed by atoms with Crippen molar-refractivity contribution in [2.24, 2.45) is 0 Å². The van der Waals surface area contributed by atoms with E-state index in [9.17, 15) is 14.7 Å². The highest BCUT2D eigenvalue weighted by Crippen LogP contribution is 2.24. The molecule has 1 rings (SSSR count). The molecule has 0 fully saturated rings. The van der Waals surface area contributed by atoms with Crippen LogP contribution in [0, 0.1) is 0 Å². The minimum Gasteiger partial charge on any atom is -0.479 e. The highest BCUT2D eigenvalue weighted by molar-refractivity contribution is 7.08. The molecule has 0 aliphatic heterocycles. The lowest BCUT2D eigenvalue weighted by Gasteiger charge is -2.28. The number of ether oxygens (including phenoxy) is 3. The highest BCUT2D eigenvalue weighted by atomic mass is 32.1. The average Bonchev–Trinajstić information content (AvgIpc) is 2.94.